The average Bonchev–Trinajstić information content (AvgIpc) is 2.47. The number of fused-ring (bicyclic) bond motifs is 1. The van der Waals surface area contributed by atoms with Crippen LogP contribution in [0.15, 0.2) is 43.0 Å². The topological polar surface area (TPSA) is 41.9 Å². The Morgan fingerprint density at radius 1 is 0.950 bits per heavy atom. The van der Waals surface area contributed by atoms with Crippen LogP contribution in [0.2, 0.25) is 0 Å². The van der Waals surface area contributed by atoms with E-state index in [1.807, 2.05) is 43.5 Å². The summed E-state index contributed by atoms with van der Waals surface area (Å²) in [6.45, 7) is 2.08. The first kappa shape index (κ1) is 12.5. The van der Waals surface area contributed by atoms with E-state index in [2.05, 4.69) is 34.0 Å². The second-order valence-corrected chi connectivity index (χ2v) is 5.02. The van der Waals surface area contributed by atoms with Crippen LogP contribution in [0.1, 0.15) is 5.56 Å². The van der Waals surface area contributed by atoms with Crippen LogP contribution in [-0.4, -0.2) is 29.0 Å². The molecule has 0 saturated heterocycles. The van der Waals surface area contributed by atoms with Gasteiger partial charge in [0.25, 0.3) is 0 Å². The summed E-state index contributed by atoms with van der Waals surface area (Å²) in [5, 5.41) is 1.07. The zero-order valence-corrected chi connectivity index (χ0v) is 11.8. The number of aryl methyl sites for hydroxylation is 1. The smallest absolute Gasteiger partial charge is 0.139 e. The predicted octanol–water partition coefficient (Wildman–Crippen LogP) is 3.07. The van der Waals surface area contributed by atoms with Crippen LogP contribution in [0.3, 0.4) is 0 Å². The summed E-state index contributed by atoms with van der Waals surface area (Å²) in [7, 11) is 3.99. The molecule has 100 valence electrons. The minimum absolute atomic E-state index is 0.939. The Hall–Kier alpha value is -2.49. The van der Waals surface area contributed by atoms with Crippen molar-refractivity contribution in [2.75, 3.05) is 19.0 Å². The maximum atomic E-state index is 4.41. The Morgan fingerprint density at radius 3 is 2.40 bits per heavy atom. The number of hydrogen-bond acceptors (Lipinski definition) is 4. The molecule has 0 fully saturated rings. The Morgan fingerprint density at radius 2 is 1.70 bits per heavy atom. The minimum atomic E-state index is 0.939. The minimum Gasteiger partial charge on any atom is -0.362 e. The van der Waals surface area contributed by atoms with Gasteiger partial charge >= 0.3 is 0 Å². The van der Waals surface area contributed by atoms with Gasteiger partial charge in [0.15, 0.2) is 0 Å². The highest BCUT2D eigenvalue weighted by Crippen LogP contribution is 2.30. The molecule has 0 N–H and O–H groups in total. The van der Waals surface area contributed by atoms with Crippen molar-refractivity contribution in [3.05, 3.63) is 48.5 Å². The lowest BCUT2D eigenvalue weighted by Gasteiger charge is -2.15. The lowest BCUT2D eigenvalue weighted by atomic mass is 10.0. The quantitative estimate of drug-likeness (QED) is 0.713. The standard InChI is InChI=1S/C16H16N4/c1-11-8-13(12-4-6-17-7-5-12)9-14-15(11)18-10-19-16(14)20(2)3/h4-10H,1-3H3. The molecule has 0 spiro atoms. The molecule has 0 aliphatic rings. The third kappa shape index (κ3) is 2.09. The van der Waals surface area contributed by atoms with Crippen molar-refractivity contribution in [3.63, 3.8) is 0 Å². The summed E-state index contributed by atoms with van der Waals surface area (Å²) >= 11 is 0. The van der Waals surface area contributed by atoms with E-state index in [4.69, 9.17) is 0 Å². The second kappa shape index (κ2) is 4.89. The molecule has 0 atom stereocenters. The van der Waals surface area contributed by atoms with Crippen molar-refractivity contribution >= 4 is 16.7 Å². The van der Waals surface area contributed by atoms with E-state index in [9.17, 15) is 0 Å². The molecule has 0 radical (unpaired) electrons. The van der Waals surface area contributed by atoms with Gasteiger partial charge in [-0.1, -0.05) is 0 Å². The number of benzene rings is 1. The van der Waals surface area contributed by atoms with Gasteiger partial charge in [-0.2, -0.15) is 0 Å². The highest BCUT2D eigenvalue weighted by molar-refractivity contribution is 5.94. The fraction of sp³-hybridized carbons (Fsp3) is 0.188. The third-order valence-electron chi connectivity index (χ3n) is 3.35. The van der Waals surface area contributed by atoms with E-state index >= 15 is 0 Å². The Kier molecular flexibility index (Phi) is 3.06. The van der Waals surface area contributed by atoms with Gasteiger partial charge in [-0.25, -0.2) is 9.97 Å². The van der Waals surface area contributed by atoms with Gasteiger partial charge in [-0.05, 0) is 47.9 Å². The lowest BCUT2D eigenvalue weighted by Crippen LogP contribution is -2.11. The number of rotatable bonds is 2. The maximum Gasteiger partial charge on any atom is 0.139 e. The third-order valence-corrected chi connectivity index (χ3v) is 3.35. The highest BCUT2D eigenvalue weighted by atomic mass is 15.1. The van der Waals surface area contributed by atoms with E-state index in [0.29, 0.717) is 0 Å². The van der Waals surface area contributed by atoms with Gasteiger partial charge < -0.3 is 4.90 Å². The van der Waals surface area contributed by atoms with Crippen molar-refractivity contribution in [1.82, 2.24) is 15.0 Å². The lowest BCUT2D eigenvalue weighted by molar-refractivity contribution is 1.06. The van der Waals surface area contributed by atoms with Crippen molar-refractivity contribution in [1.29, 1.82) is 0 Å². The summed E-state index contributed by atoms with van der Waals surface area (Å²) in [4.78, 5) is 14.9. The summed E-state index contributed by atoms with van der Waals surface area (Å²) in [5.74, 6) is 0.939. The van der Waals surface area contributed by atoms with Crippen LogP contribution >= 0.6 is 0 Å². The van der Waals surface area contributed by atoms with E-state index in [1.54, 1.807) is 6.33 Å². The zero-order chi connectivity index (χ0) is 14.1. The molecule has 0 unspecified atom stereocenters. The van der Waals surface area contributed by atoms with E-state index < -0.39 is 0 Å². The van der Waals surface area contributed by atoms with Gasteiger partial charge in [-0.15, -0.1) is 0 Å². The molecule has 0 bridgehead atoms. The molecule has 0 aliphatic heterocycles. The summed E-state index contributed by atoms with van der Waals surface area (Å²) < 4.78 is 0. The van der Waals surface area contributed by atoms with E-state index in [-0.39, 0.29) is 0 Å². The predicted molar refractivity (Wildman–Crippen MR) is 81.8 cm³/mol. The normalized spacial score (nSPS) is 10.8. The van der Waals surface area contributed by atoms with Gasteiger partial charge in [0.05, 0.1) is 5.52 Å². The Balaban J connectivity index is 2.30. The number of anilines is 1. The van der Waals surface area contributed by atoms with E-state index in [0.717, 1.165) is 33.4 Å². The molecule has 3 aromatic rings. The van der Waals surface area contributed by atoms with Crippen LogP contribution in [0, 0.1) is 6.92 Å². The van der Waals surface area contributed by atoms with Crippen molar-refractivity contribution < 1.29 is 0 Å². The molecule has 3 rings (SSSR count). The van der Waals surface area contributed by atoms with Gasteiger partial charge in [-0.3, -0.25) is 4.98 Å². The number of hydrogen-bond donors (Lipinski definition) is 0. The van der Waals surface area contributed by atoms with Gasteiger partial charge in [0.2, 0.25) is 0 Å². The van der Waals surface area contributed by atoms with Crippen LogP contribution in [0.5, 0.6) is 0 Å². The fourth-order valence-corrected chi connectivity index (χ4v) is 2.40. The van der Waals surface area contributed by atoms with Crippen LogP contribution in [-0.2, 0) is 0 Å². The molecule has 2 heterocycles. The maximum absolute atomic E-state index is 4.41. The number of pyridine rings is 1. The van der Waals surface area contributed by atoms with Crippen LogP contribution in [0.4, 0.5) is 5.82 Å². The monoisotopic (exact) mass is 264 g/mol. The first-order valence-corrected chi connectivity index (χ1v) is 6.50. The van der Waals surface area contributed by atoms with Gasteiger partial charge in [0, 0.05) is 31.9 Å². The molecule has 4 nitrogen and oxygen atoms in total. The second-order valence-electron chi connectivity index (χ2n) is 5.02. The van der Waals surface area contributed by atoms with Crippen molar-refractivity contribution in [2.24, 2.45) is 0 Å². The Bertz CT molecular complexity index is 751. The highest BCUT2D eigenvalue weighted by Gasteiger charge is 2.10. The first-order valence-electron chi connectivity index (χ1n) is 6.50. The summed E-state index contributed by atoms with van der Waals surface area (Å²) in [6, 6.07) is 8.33. The summed E-state index contributed by atoms with van der Waals surface area (Å²) in [5.41, 5.74) is 4.47. The van der Waals surface area contributed by atoms with Crippen LogP contribution < -0.4 is 4.90 Å². The molecule has 0 aliphatic carbocycles. The molecule has 0 amide bonds. The molecule has 1 aromatic carbocycles. The van der Waals surface area contributed by atoms with Crippen LogP contribution in [0.25, 0.3) is 22.0 Å². The average molecular weight is 264 g/mol. The SMILES string of the molecule is Cc1cc(-c2ccncc2)cc2c(N(C)C)ncnc12. The first-order chi connectivity index (χ1) is 9.66. The fourth-order valence-electron chi connectivity index (χ4n) is 2.40. The Labute approximate surface area is 118 Å². The molecular formula is C16H16N4. The zero-order valence-electron chi connectivity index (χ0n) is 11.8. The number of nitrogens with zero attached hydrogens (tertiary/aromatic N) is 4. The van der Waals surface area contributed by atoms with Crippen molar-refractivity contribution in [3.8, 4) is 11.1 Å². The molecule has 20 heavy (non-hydrogen) atoms. The largest absolute Gasteiger partial charge is 0.362 e. The molecular weight excluding hydrogens is 248 g/mol. The number of aromatic nitrogens is 3. The molecule has 0 saturated carbocycles. The summed E-state index contributed by atoms with van der Waals surface area (Å²) in [6.07, 6.45) is 5.24. The van der Waals surface area contributed by atoms with Crippen molar-refractivity contribution in [2.45, 2.75) is 6.92 Å². The molecule has 4 heteroatoms. The van der Waals surface area contributed by atoms with Gasteiger partial charge in [0.1, 0.15) is 12.1 Å². The van der Waals surface area contributed by atoms with E-state index in [1.165, 1.54) is 0 Å². The molecule has 2 aromatic heterocycles.